The monoisotopic (exact) mass is 624 g/mol. The molecule has 8 aromatic carbocycles. The minimum absolute atomic E-state index is 0.0523. The largest absolute Gasteiger partial charge is 0.208 e. The second kappa shape index (κ2) is 11.7. The van der Waals surface area contributed by atoms with Gasteiger partial charge in [0.2, 0.25) is 0 Å². The van der Waals surface area contributed by atoms with E-state index in [9.17, 15) is 4.11 Å². The smallest absolute Gasteiger partial charge is 0.164 e. The summed E-state index contributed by atoms with van der Waals surface area (Å²) >= 11 is 0. The average Bonchev–Trinajstić information content (AvgIpc) is 3.27. The maximum absolute atomic E-state index is 9.37. The van der Waals surface area contributed by atoms with E-state index in [1.165, 1.54) is 0 Å². The number of hydrogen-bond donors (Lipinski definition) is 0. The van der Waals surface area contributed by atoms with Crippen molar-refractivity contribution in [2.24, 2.45) is 0 Å². The quantitative estimate of drug-likeness (QED) is 0.191. The standard InChI is InChI=1S/C45H29N3/c1-2-12-32(13-3-1)43-46-44(48-45(47-43)42-19-9-15-31-11-6-7-18-41(31)42)40-17-8-16-34(29-40)35-22-23-39-28-38(25-24-37(39)27-35)36-21-20-30-10-4-5-14-33(30)26-36/h1-29H/i4D,5D,10D,14D,20D,21D,22D,23D,24D,25D,26D,27D,28D. The second-order valence-electron chi connectivity index (χ2n) is 11.0. The Balaban J connectivity index is 1.25. The van der Waals surface area contributed by atoms with Gasteiger partial charge in [0.15, 0.2) is 17.5 Å². The SMILES string of the molecule is [2H]c1c([2H])c([2H])c2c([2H])c(-c3c([2H])c([2H])c4c([2H])c(-c5cccc(-c6nc(-c7ccccc7)nc(-c7cccc8ccccc78)n6)c5)c([2H])c([2H])c4c3[2H])c([2H])c([2H])c2c1[2H]. The third kappa shape index (κ3) is 5.18. The van der Waals surface area contributed by atoms with Crippen LogP contribution in [0.2, 0.25) is 0 Å². The van der Waals surface area contributed by atoms with Gasteiger partial charge in [-0.1, -0.05) is 151 Å². The second-order valence-corrected chi connectivity index (χ2v) is 11.0. The maximum Gasteiger partial charge on any atom is 0.164 e. The summed E-state index contributed by atoms with van der Waals surface area (Å²) in [7, 11) is 0. The molecule has 0 spiro atoms. The van der Waals surface area contributed by atoms with E-state index in [2.05, 4.69) is 0 Å². The molecule has 9 aromatic rings. The van der Waals surface area contributed by atoms with Gasteiger partial charge in [0.25, 0.3) is 0 Å². The molecule has 0 atom stereocenters. The molecule has 1 heterocycles. The zero-order chi connectivity index (χ0) is 43.2. The van der Waals surface area contributed by atoms with Crippen molar-refractivity contribution in [3.8, 4) is 56.4 Å². The molecule has 0 N–H and O–H groups in total. The molecule has 0 radical (unpaired) electrons. The molecule has 0 saturated carbocycles. The van der Waals surface area contributed by atoms with Crippen molar-refractivity contribution in [3.63, 3.8) is 0 Å². The molecule has 0 bridgehead atoms. The zero-order valence-electron chi connectivity index (χ0n) is 38.1. The summed E-state index contributed by atoms with van der Waals surface area (Å²) in [6.45, 7) is 0. The van der Waals surface area contributed by atoms with Gasteiger partial charge >= 0.3 is 0 Å². The molecule has 3 nitrogen and oxygen atoms in total. The Kier molecular flexibility index (Phi) is 4.27. The summed E-state index contributed by atoms with van der Waals surface area (Å²) in [5.41, 5.74) is 1.29. The number of fused-ring (bicyclic) bond motifs is 3. The van der Waals surface area contributed by atoms with Crippen molar-refractivity contribution in [1.29, 1.82) is 0 Å². The van der Waals surface area contributed by atoms with E-state index < -0.39 is 95.1 Å². The van der Waals surface area contributed by atoms with Crippen LogP contribution in [0.1, 0.15) is 17.8 Å². The highest BCUT2D eigenvalue weighted by molar-refractivity contribution is 5.96. The van der Waals surface area contributed by atoms with E-state index in [0.29, 0.717) is 28.6 Å². The van der Waals surface area contributed by atoms with Gasteiger partial charge in [-0.15, -0.1) is 0 Å². The Morgan fingerprint density at radius 2 is 0.875 bits per heavy atom. The molecule has 48 heavy (non-hydrogen) atoms. The van der Waals surface area contributed by atoms with Crippen LogP contribution >= 0.6 is 0 Å². The Labute approximate surface area is 297 Å². The van der Waals surface area contributed by atoms with Crippen molar-refractivity contribution in [2.75, 3.05) is 0 Å². The number of nitrogens with zero attached hydrogens (tertiary/aromatic N) is 3. The number of aromatic nitrogens is 3. The van der Waals surface area contributed by atoms with Gasteiger partial charge in [-0.3, -0.25) is 0 Å². The lowest BCUT2D eigenvalue weighted by Gasteiger charge is -2.11. The Bertz CT molecular complexity index is 3350. The van der Waals surface area contributed by atoms with Gasteiger partial charge in [-0.2, -0.15) is 0 Å². The average molecular weight is 625 g/mol. The summed E-state index contributed by atoms with van der Waals surface area (Å²) in [6, 6.07) is 21.9. The maximum atomic E-state index is 9.37. The van der Waals surface area contributed by atoms with Crippen LogP contribution in [0.15, 0.2) is 176 Å². The fourth-order valence-corrected chi connectivity index (χ4v) is 5.63. The summed E-state index contributed by atoms with van der Waals surface area (Å²) in [4.78, 5) is 14.6. The lowest BCUT2D eigenvalue weighted by atomic mass is 9.96. The Hall–Kier alpha value is -6.45. The van der Waals surface area contributed by atoms with Crippen LogP contribution in [0.25, 0.3) is 88.7 Å². The van der Waals surface area contributed by atoms with Crippen LogP contribution < -0.4 is 0 Å². The summed E-state index contributed by atoms with van der Waals surface area (Å²) in [5, 5.41) is 0.543. The molecule has 0 aliphatic carbocycles. The van der Waals surface area contributed by atoms with Crippen LogP contribution in [0.4, 0.5) is 0 Å². The van der Waals surface area contributed by atoms with E-state index in [0.717, 1.165) is 21.9 Å². The molecule has 0 aliphatic heterocycles. The first-order valence-electron chi connectivity index (χ1n) is 21.6. The van der Waals surface area contributed by atoms with E-state index in [1.54, 1.807) is 24.3 Å². The Morgan fingerprint density at radius 3 is 1.65 bits per heavy atom. The van der Waals surface area contributed by atoms with Crippen molar-refractivity contribution in [2.45, 2.75) is 0 Å². The van der Waals surface area contributed by atoms with Crippen LogP contribution in [-0.2, 0) is 0 Å². The highest BCUT2D eigenvalue weighted by Gasteiger charge is 2.15. The van der Waals surface area contributed by atoms with Crippen molar-refractivity contribution >= 4 is 32.3 Å². The third-order valence-electron chi connectivity index (χ3n) is 7.98. The molecular formula is C45H29N3. The zero-order valence-corrected chi connectivity index (χ0v) is 25.1. The summed E-state index contributed by atoms with van der Waals surface area (Å²) < 4.78 is 115. The van der Waals surface area contributed by atoms with Crippen LogP contribution in [0.5, 0.6) is 0 Å². The molecule has 3 heteroatoms. The number of hydrogen-bond acceptors (Lipinski definition) is 3. The fraction of sp³-hybridized carbons (Fsp3) is 0. The summed E-state index contributed by atoms with van der Waals surface area (Å²) in [5.74, 6) is 1.13. The van der Waals surface area contributed by atoms with E-state index in [1.807, 2.05) is 72.8 Å². The van der Waals surface area contributed by atoms with Crippen molar-refractivity contribution in [1.82, 2.24) is 15.0 Å². The first-order chi connectivity index (χ1) is 29.2. The summed E-state index contributed by atoms with van der Waals surface area (Å²) in [6.07, 6.45) is 0. The molecule has 224 valence electrons. The van der Waals surface area contributed by atoms with Gasteiger partial charge in [0, 0.05) is 16.7 Å². The first kappa shape index (κ1) is 17.5. The van der Waals surface area contributed by atoms with Gasteiger partial charge in [-0.05, 0) is 78.8 Å². The van der Waals surface area contributed by atoms with Crippen LogP contribution in [0, 0.1) is 0 Å². The third-order valence-corrected chi connectivity index (χ3v) is 7.98. The van der Waals surface area contributed by atoms with Crippen LogP contribution in [-0.4, -0.2) is 15.0 Å². The molecule has 1 aromatic heterocycles. The lowest BCUT2D eigenvalue weighted by Crippen LogP contribution is -2.00. The van der Waals surface area contributed by atoms with Gasteiger partial charge in [0.05, 0.1) is 17.8 Å². The predicted molar refractivity (Wildman–Crippen MR) is 200 cm³/mol. The van der Waals surface area contributed by atoms with Crippen molar-refractivity contribution in [3.05, 3.63) is 176 Å². The minimum Gasteiger partial charge on any atom is -0.208 e. The normalized spacial score (nSPS) is 15.1. The number of benzene rings is 8. The van der Waals surface area contributed by atoms with E-state index in [-0.39, 0.29) is 21.7 Å². The van der Waals surface area contributed by atoms with Crippen molar-refractivity contribution < 1.29 is 17.8 Å². The molecular weight excluding hydrogens is 583 g/mol. The molecule has 0 aliphatic rings. The van der Waals surface area contributed by atoms with E-state index in [4.69, 9.17) is 28.7 Å². The minimum atomic E-state index is -0.710. The topological polar surface area (TPSA) is 38.7 Å². The molecule has 0 saturated heterocycles. The molecule has 0 amide bonds. The highest BCUT2D eigenvalue weighted by Crippen LogP contribution is 2.33. The fourth-order valence-electron chi connectivity index (χ4n) is 5.63. The van der Waals surface area contributed by atoms with Gasteiger partial charge < -0.3 is 0 Å². The predicted octanol–water partition coefficient (Wildman–Crippen LogP) is 11.7. The highest BCUT2D eigenvalue weighted by atomic mass is 15.0. The van der Waals surface area contributed by atoms with E-state index >= 15 is 0 Å². The van der Waals surface area contributed by atoms with Gasteiger partial charge in [-0.25, -0.2) is 15.0 Å². The lowest BCUT2D eigenvalue weighted by molar-refractivity contribution is 1.08. The van der Waals surface area contributed by atoms with Gasteiger partial charge in [0.1, 0.15) is 0 Å². The molecule has 0 fully saturated rings. The Morgan fingerprint density at radius 1 is 0.354 bits per heavy atom. The molecule has 9 rings (SSSR count). The van der Waals surface area contributed by atoms with Crippen LogP contribution in [0.3, 0.4) is 0 Å². The number of rotatable bonds is 5. The molecule has 0 unspecified atom stereocenters. The first-order valence-corrected chi connectivity index (χ1v) is 15.1.